The van der Waals surface area contributed by atoms with Crippen LogP contribution >= 0.6 is 0 Å². The number of benzene rings is 2. The number of alkyl halides is 3. The first-order chi connectivity index (χ1) is 17.2. The number of tetrazole rings is 1. The minimum atomic E-state index is -4.59. The molecule has 0 radical (unpaired) electrons. The van der Waals surface area contributed by atoms with Crippen molar-refractivity contribution in [1.82, 2.24) is 25.5 Å². The predicted molar refractivity (Wildman–Crippen MR) is 127 cm³/mol. The molecule has 0 aliphatic heterocycles. The highest BCUT2D eigenvalue weighted by Gasteiger charge is 2.32. The van der Waals surface area contributed by atoms with Crippen LogP contribution in [0.2, 0.25) is 0 Å². The Morgan fingerprint density at radius 3 is 2.50 bits per heavy atom. The zero-order valence-corrected chi connectivity index (χ0v) is 19.8. The molecule has 36 heavy (non-hydrogen) atoms. The van der Waals surface area contributed by atoms with E-state index < -0.39 is 36.6 Å². The Morgan fingerprint density at radius 1 is 1.08 bits per heavy atom. The normalized spacial score (nSPS) is 14.4. The highest BCUT2D eigenvalue weighted by Crippen LogP contribution is 2.31. The first kappa shape index (κ1) is 25.3. The first-order valence-corrected chi connectivity index (χ1v) is 11.8. The third-order valence-corrected chi connectivity index (χ3v) is 6.10. The molecule has 0 bridgehead atoms. The Bertz CT molecular complexity index is 1200. The molecule has 1 fully saturated rings. The number of halogens is 3. The number of carbonyl (C=O) groups is 2. The van der Waals surface area contributed by atoms with Crippen molar-refractivity contribution < 1.29 is 22.8 Å². The topological polar surface area (TPSA) is 93.0 Å². The number of hydrogen-bond acceptors (Lipinski definition) is 5. The summed E-state index contributed by atoms with van der Waals surface area (Å²) < 4.78 is 40.0. The van der Waals surface area contributed by atoms with Gasteiger partial charge in [0.15, 0.2) is 0 Å². The molecule has 3 aromatic rings. The molecule has 0 saturated heterocycles. The second-order valence-corrected chi connectivity index (χ2v) is 8.94. The van der Waals surface area contributed by atoms with Gasteiger partial charge < -0.3 is 10.2 Å². The van der Waals surface area contributed by atoms with E-state index in [1.165, 1.54) is 12.1 Å². The van der Waals surface area contributed by atoms with Crippen LogP contribution in [0.1, 0.15) is 43.2 Å². The SMILES string of the molecule is Cc1ccc(-c2nnn(CC(=O)N(CC(=O)NC3CCCCC3)c3cccc(C(F)(F)F)c3)n2)cc1. The molecule has 190 valence electrons. The van der Waals surface area contributed by atoms with Crippen molar-refractivity contribution in [3.05, 3.63) is 59.7 Å². The lowest BCUT2D eigenvalue weighted by Gasteiger charge is -2.26. The van der Waals surface area contributed by atoms with Crippen LogP contribution in [0.5, 0.6) is 0 Å². The molecular formula is C25H27F3N6O2. The molecule has 2 amide bonds. The molecule has 8 nitrogen and oxygen atoms in total. The molecule has 1 aliphatic carbocycles. The maximum absolute atomic E-state index is 13.3. The minimum Gasteiger partial charge on any atom is -0.352 e. The van der Waals surface area contributed by atoms with Crippen molar-refractivity contribution in [1.29, 1.82) is 0 Å². The van der Waals surface area contributed by atoms with Gasteiger partial charge in [-0.15, -0.1) is 10.2 Å². The largest absolute Gasteiger partial charge is 0.416 e. The van der Waals surface area contributed by atoms with E-state index in [1.54, 1.807) is 0 Å². The zero-order valence-electron chi connectivity index (χ0n) is 19.8. The Balaban J connectivity index is 1.54. The molecule has 1 N–H and O–H groups in total. The fourth-order valence-electron chi connectivity index (χ4n) is 4.17. The standard InChI is InChI=1S/C25H27F3N6O2/c1-17-10-12-18(13-11-17)24-30-32-34(31-24)16-23(36)33(15-22(35)29-20-7-3-2-4-8-20)21-9-5-6-19(14-21)25(26,27)28/h5-6,9-14,20H,2-4,7-8,15-16H2,1H3,(H,29,35). The fourth-order valence-corrected chi connectivity index (χ4v) is 4.17. The lowest BCUT2D eigenvalue weighted by atomic mass is 9.95. The smallest absolute Gasteiger partial charge is 0.352 e. The number of anilines is 1. The number of hydrogen-bond donors (Lipinski definition) is 1. The minimum absolute atomic E-state index is 0.00115. The van der Waals surface area contributed by atoms with E-state index in [-0.39, 0.29) is 11.7 Å². The quantitative estimate of drug-likeness (QED) is 0.526. The van der Waals surface area contributed by atoms with E-state index in [2.05, 4.69) is 20.7 Å². The van der Waals surface area contributed by atoms with Crippen molar-refractivity contribution in [3.63, 3.8) is 0 Å². The lowest BCUT2D eigenvalue weighted by Crippen LogP contribution is -2.46. The maximum atomic E-state index is 13.3. The molecule has 11 heteroatoms. The summed E-state index contributed by atoms with van der Waals surface area (Å²) in [5, 5.41) is 15.0. The van der Waals surface area contributed by atoms with Gasteiger partial charge in [0.1, 0.15) is 13.1 Å². The van der Waals surface area contributed by atoms with E-state index in [0.29, 0.717) is 11.4 Å². The van der Waals surface area contributed by atoms with Crippen LogP contribution in [0.25, 0.3) is 11.4 Å². The van der Waals surface area contributed by atoms with E-state index in [4.69, 9.17) is 0 Å². The second kappa shape index (κ2) is 10.9. The van der Waals surface area contributed by atoms with Gasteiger partial charge in [-0.2, -0.15) is 18.0 Å². The van der Waals surface area contributed by atoms with Crippen molar-refractivity contribution in [3.8, 4) is 11.4 Å². The molecule has 4 rings (SSSR count). The molecule has 1 aliphatic rings. The number of carbonyl (C=O) groups excluding carboxylic acids is 2. The van der Waals surface area contributed by atoms with Crippen LogP contribution < -0.4 is 10.2 Å². The van der Waals surface area contributed by atoms with Gasteiger partial charge in [-0.25, -0.2) is 0 Å². The Kier molecular flexibility index (Phi) is 7.66. The van der Waals surface area contributed by atoms with Crippen LogP contribution in [0.4, 0.5) is 18.9 Å². The van der Waals surface area contributed by atoms with Gasteiger partial charge in [0.05, 0.1) is 5.56 Å². The van der Waals surface area contributed by atoms with Gasteiger partial charge in [0.25, 0.3) is 5.91 Å². The molecular weight excluding hydrogens is 473 g/mol. The van der Waals surface area contributed by atoms with Gasteiger partial charge >= 0.3 is 6.18 Å². The van der Waals surface area contributed by atoms with E-state index >= 15 is 0 Å². The Morgan fingerprint density at radius 2 is 1.81 bits per heavy atom. The van der Waals surface area contributed by atoms with Crippen LogP contribution in [-0.2, 0) is 22.3 Å². The fraction of sp³-hybridized carbons (Fsp3) is 0.400. The second-order valence-electron chi connectivity index (χ2n) is 8.94. The zero-order chi connectivity index (χ0) is 25.7. The number of aryl methyl sites for hydroxylation is 1. The van der Waals surface area contributed by atoms with Gasteiger partial charge in [-0.3, -0.25) is 9.59 Å². The van der Waals surface area contributed by atoms with Gasteiger partial charge in [0, 0.05) is 17.3 Å². The first-order valence-electron chi connectivity index (χ1n) is 11.8. The third kappa shape index (κ3) is 6.46. The number of rotatable bonds is 7. The molecule has 2 aromatic carbocycles. The summed E-state index contributed by atoms with van der Waals surface area (Å²) in [4.78, 5) is 28.1. The molecule has 1 saturated carbocycles. The van der Waals surface area contributed by atoms with Crippen molar-refractivity contribution in [2.45, 2.75) is 57.8 Å². The summed E-state index contributed by atoms with van der Waals surface area (Å²) in [5.74, 6) is -0.760. The maximum Gasteiger partial charge on any atom is 0.416 e. The summed E-state index contributed by atoms with van der Waals surface area (Å²) in [6.07, 6.45) is 0.203. The Hall–Kier alpha value is -3.76. The molecule has 0 spiro atoms. The summed E-state index contributed by atoms with van der Waals surface area (Å²) in [6, 6.07) is 11.8. The van der Waals surface area contributed by atoms with Gasteiger partial charge in [0.2, 0.25) is 11.7 Å². The van der Waals surface area contributed by atoms with Crippen molar-refractivity contribution in [2.24, 2.45) is 0 Å². The van der Waals surface area contributed by atoms with E-state index in [9.17, 15) is 22.8 Å². The molecule has 0 unspecified atom stereocenters. The van der Waals surface area contributed by atoms with Crippen LogP contribution in [-0.4, -0.2) is 44.6 Å². The summed E-state index contributed by atoms with van der Waals surface area (Å²) in [7, 11) is 0. The van der Waals surface area contributed by atoms with E-state index in [1.807, 2.05) is 31.2 Å². The number of amides is 2. The summed E-state index contributed by atoms with van der Waals surface area (Å²) >= 11 is 0. The number of nitrogens with one attached hydrogen (secondary N) is 1. The van der Waals surface area contributed by atoms with Gasteiger partial charge in [-0.05, 0) is 43.2 Å². The summed E-state index contributed by atoms with van der Waals surface area (Å²) in [6.45, 7) is 1.13. The van der Waals surface area contributed by atoms with Gasteiger partial charge in [-0.1, -0.05) is 55.2 Å². The number of nitrogens with zero attached hydrogens (tertiary/aromatic N) is 5. The third-order valence-electron chi connectivity index (χ3n) is 6.10. The highest BCUT2D eigenvalue weighted by atomic mass is 19.4. The van der Waals surface area contributed by atoms with Crippen LogP contribution in [0, 0.1) is 6.92 Å². The average molecular weight is 501 g/mol. The number of aromatic nitrogens is 4. The predicted octanol–water partition coefficient (Wildman–Crippen LogP) is 4.15. The van der Waals surface area contributed by atoms with Crippen molar-refractivity contribution in [2.75, 3.05) is 11.4 Å². The van der Waals surface area contributed by atoms with Crippen molar-refractivity contribution >= 4 is 17.5 Å². The van der Waals surface area contributed by atoms with Crippen LogP contribution in [0.15, 0.2) is 48.5 Å². The van der Waals surface area contributed by atoms with Crippen LogP contribution in [0.3, 0.4) is 0 Å². The lowest BCUT2D eigenvalue weighted by molar-refractivity contribution is -0.137. The molecule has 1 heterocycles. The molecule has 1 aromatic heterocycles. The Labute approximate surface area is 206 Å². The monoisotopic (exact) mass is 500 g/mol. The van der Waals surface area contributed by atoms with E-state index in [0.717, 1.165) is 59.5 Å². The average Bonchev–Trinajstić information content (AvgIpc) is 3.31. The highest BCUT2D eigenvalue weighted by molar-refractivity contribution is 5.98. The molecule has 0 atom stereocenters. The summed E-state index contributed by atoms with van der Waals surface area (Å²) in [5.41, 5.74) is 0.823.